The average Bonchev–Trinajstić information content (AvgIpc) is 3.49. The van der Waals surface area contributed by atoms with Gasteiger partial charge in [-0.3, -0.25) is 14.5 Å². The SMILES string of the molecule is COc1ccc2cc1OCCCCN(C(=O)c1ccccc1)CC(=O)NC[C@H]1C[C@H]2N2CCC[C@@H]12. The van der Waals surface area contributed by atoms with Crippen LogP contribution in [0.25, 0.3) is 0 Å². The topological polar surface area (TPSA) is 71.1 Å². The lowest BCUT2D eigenvalue weighted by molar-refractivity contribution is -0.122. The van der Waals surface area contributed by atoms with Crippen molar-refractivity contribution in [3.8, 4) is 11.5 Å². The van der Waals surface area contributed by atoms with Gasteiger partial charge >= 0.3 is 0 Å². The molecule has 0 spiro atoms. The summed E-state index contributed by atoms with van der Waals surface area (Å²) in [7, 11) is 1.67. The maximum Gasteiger partial charge on any atom is 0.254 e. The van der Waals surface area contributed by atoms with E-state index in [1.165, 1.54) is 12.0 Å². The number of carbonyl (C=O) groups excluding carboxylic acids is 2. The van der Waals surface area contributed by atoms with E-state index in [4.69, 9.17) is 9.47 Å². The smallest absolute Gasteiger partial charge is 0.254 e. The molecule has 2 fully saturated rings. The van der Waals surface area contributed by atoms with Gasteiger partial charge in [-0.1, -0.05) is 24.3 Å². The third-order valence-electron chi connectivity index (χ3n) is 7.67. The predicted molar refractivity (Wildman–Crippen MR) is 134 cm³/mol. The Balaban J connectivity index is 1.38. The van der Waals surface area contributed by atoms with Crippen LogP contribution in [-0.4, -0.2) is 67.6 Å². The molecule has 0 saturated carbocycles. The molecular weight excluding hydrogens is 442 g/mol. The summed E-state index contributed by atoms with van der Waals surface area (Å²) in [5.41, 5.74) is 1.86. The minimum atomic E-state index is -0.111. The van der Waals surface area contributed by atoms with E-state index < -0.39 is 0 Å². The first-order chi connectivity index (χ1) is 17.1. The van der Waals surface area contributed by atoms with Crippen molar-refractivity contribution in [2.45, 2.75) is 44.2 Å². The zero-order valence-corrected chi connectivity index (χ0v) is 20.4. The largest absolute Gasteiger partial charge is 0.493 e. The third kappa shape index (κ3) is 5.15. The standard InChI is InChI=1S/C28H35N3O4/c1-34-25-12-11-21-17-26(25)35-15-6-5-13-30(28(33)20-8-3-2-4-9-20)19-27(32)29-18-22-16-24(21)31-14-7-10-23(22)31/h2-4,8-9,11-12,17,22-24H,5-7,10,13-16,18-19H2,1H3,(H,29,32)/t22-,23+,24-/m1/s1. The molecule has 3 heterocycles. The number of benzene rings is 2. The Kier molecular flexibility index (Phi) is 7.23. The van der Waals surface area contributed by atoms with Crippen molar-refractivity contribution in [3.63, 3.8) is 0 Å². The highest BCUT2D eigenvalue weighted by Crippen LogP contribution is 2.46. The van der Waals surface area contributed by atoms with Crippen molar-refractivity contribution in [2.24, 2.45) is 5.92 Å². The van der Waals surface area contributed by atoms with E-state index in [9.17, 15) is 9.59 Å². The molecule has 3 aliphatic heterocycles. The Labute approximate surface area is 207 Å². The van der Waals surface area contributed by atoms with Crippen LogP contribution in [0.2, 0.25) is 0 Å². The quantitative estimate of drug-likeness (QED) is 0.715. The Hall–Kier alpha value is -3.06. The van der Waals surface area contributed by atoms with Crippen LogP contribution in [0, 0.1) is 5.92 Å². The normalized spacial score (nSPS) is 25.5. The summed E-state index contributed by atoms with van der Waals surface area (Å²) < 4.78 is 11.7. The number of fused-ring (bicyclic) bond motifs is 8. The minimum Gasteiger partial charge on any atom is -0.493 e. The van der Waals surface area contributed by atoms with E-state index >= 15 is 0 Å². The summed E-state index contributed by atoms with van der Waals surface area (Å²) in [6.07, 6.45) is 4.87. The molecule has 1 N–H and O–H groups in total. The fraction of sp³-hybridized carbons (Fsp3) is 0.500. The lowest BCUT2D eigenvalue weighted by Crippen LogP contribution is -2.43. The molecule has 186 valence electrons. The van der Waals surface area contributed by atoms with Gasteiger partial charge in [-0.05, 0) is 74.4 Å². The van der Waals surface area contributed by atoms with Gasteiger partial charge in [0.1, 0.15) is 0 Å². The predicted octanol–water partition coefficient (Wildman–Crippen LogP) is 3.65. The molecule has 2 aromatic rings. The molecule has 7 heteroatoms. The van der Waals surface area contributed by atoms with Gasteiger partial charge < -0.3 is 19.7 Å². The highest BCUT2D eigenvalue weighted by molar-refractivity contribution is 5.96. The molecule has 2 saturated heterocycles. The molecule has 0 aromatic heterocycles. The molecule has 35 heavy (non-hydrogen) atoms. The van der Waals surface area contributed by atoms with Crippen molar-refractivity contribution in [2.75, 3.05) is 39.9 Å². The second-order valence-corrected chi connectivity index (χ2v) is 9.82. The van der Waals surface area contributed by atoms with Crippen LogP contribution in [0.1, 0.15) is 54.1 Å². The summed E-state index contributed by atoms with van der Waals surface area (Å²) in [5, 5.41) is 3.16. The number of carbonyl (C=O) groups is 2. The Morgan fingerprint density at radius 1 is 1.09 bits per heavy atom. The van der Waals surface area contributed by atoms with E-state index in [1.54, 1.807) is 24.1 Å². The fourth-order valence-electron chi connectivity index (χ4n) is 5.92. The van der Waals surface area contributed by atoms with E-state index in [0.717, 1.165) is 43.7 Å². The average molecular weight is 478 g/mol. The number of amides is 2. The number of methoxy groups -OCH3 is 1. The van der Waals surface area contributed by atoms with Crippen LogP contribution in [-0.2, 0) is 4.79 Å². The molecule has 7 nitrogen and oxygen atoms in total. The highest BCUT2D eigenvalue weighted by atomic mass is 16.5. The van der Waals surface area contributed by atoms with E-state index in [0.29, 0.717) is 43.3 Å². The van der Waals surface area contributed by atoms with Crippen LogP contribution < -0.4 is 14.8 Å². The second-order valence-electron chi connectivity index (χ2n) is 9.82. The van der Waals surface area contributed by atoms with E-state index in [-0.39, 0.29) is 18.4 Å². The zero-order valence-electron chi connectivity index (χ0n) is 20.4. The van der Waals surface area contributed by atoms with Gasteiger partial charge in [0.25, 0.3) is 5.91 Å². The third-order valence-corrected chi connectivity index (χ3v) is 7.67. The summed E-state index contributed by atoms with van der Waals surface area (Å²) in [6.45, 7) is 2.83. The van der Waals surface area contributed by atoms with Crippen molar-refractivity contribution >= 4 is 11.8 Å². The minimum absolute atomic E-state index is 0.0754. The maximum absolute atomic E-state index is 13.2. The summed E-state index contributed by atoms with van der Waals surface area (Å²) >= 11 is 0. The van der Waals surface area contributed by atoms with Gasteiger partial charge in [0.2, 0.25) is 5.91 Å². The number of hydrogen-bond donors (Lipinski definition) is 1. The molecule has 2 aromatic carbocycles. The highest BCUT2D eigenvalue weighted by Gasteiger charge is 2.44. The van der Waals surface area contributed by atoms with Crippen molar-refractivity contribution in [3.05, 3.63) is 59.7 Å². The van der Waals surface area contributed by atoms with Crippen LogP contribution >= 0.6 is 0 Å². The van der Waals surface area contributed by atoms with Gasteiger partial charge in [-0.2, -0.15) is 0 Å². The molecule has 2 amide bonds. The number of nitrogens with one attached hydrogen (secondary N) is 1. The van der Waals surface area contributed by atoms with Gasteiger partial charge in [0, 0.05) is 30.7 Å². The number of ether oxygens (including phenoxy) is 2. The lowest BCUT2D eigenvalue weighted by atomic mass is 9.94. The van der Waals surface area contributed by atoms with E-state index in [2.05, 4.69) is 22.3 Å². The fourth-order valence-corrected chi connectivity index (χ4v) is 5.92. The van der Waals surface area contributed by atoms with Crippen molar-refractivity contribution < 1.29 is 19.1 Å². The van der Waals surface area contributed by atoms with Gasteiger partial charge in [0.15, 0.2) is 11.5 Å². The van der Waals surface area contributed by atoms with Crippen LogP contribution in [0.15, 0.2) is 48.5 Å². The van der Waals surface area contributed by atoms with Crippen LogP contribution in [0.3, 0.4) is 0 Å². The van der Waals surface area contributed by atoms with Crippen molar-refractivity contribution in [1.82, 2.24) is 15.1 Å². The van der Waals surface area contributed by atoms with Crippen molar-refractivity contribution in [1.29, 1.82) is 0 Å². The lowest BCUT2D eigenvalue weighted by Gasteiger charge is -2.25. The number of rotatable bonds is 2. The molecule has 0 radical (unpaired) electrons. The molecule has 0 unspecified atom stereocenters. The molecule has 4 bridgehead atoms. The Morgan fingerprint density at radius 2 is 1.94 bits per heavy atom. The molecule has 5 rings (SSSR count). The van der Waals surface area contributed by atoms with Gasteiger partial charge in [-0.25, -0.2) is 0 Å². The summed E-state index contributed by atoms with van der Waals surface area (Å²) in [6, 6.07) is 16.3. The maximum atomic E-state index is 13.2. The van der Waals surface area contributed by atoms with Crippen LogP contribution in [0.5, 0.6) is 11.5 Å². The first-order valence-electron chi connectivity index (χ1n) is 12.8. The molecule has 0 aliphatic carbocycles. The monoisotopic (exact) mass is 477 g/mol. The molecule has 3 aliphatic rings. The first kappa shape index (κ1) is 23.7. The number of hydrogen-bond acceptors (Lipinski definition) is 5. The second kappa shape index (κ2) is 10.7. The summed E-state index contributed by atoms with van der Waals surface area (Å²) in [5.74, 6) is 1.72. The Bertz CT molecular complexity index is 1040. The zero-order chi connectivity index (χ0) is 24.2. The summed E-state index contributed by atoms with van der Waals surface area (Å²) in [4.78, 5) is 30.4. The van der Waals surface area contributed by atoms with Gasteiger partial charge in [0.05, 0.1) is 20.3 Å². The molecular formula is C28H35N3O4. The van der Waals surface area contributed by atoms with Gasteiger partial charge in [-0.15, -0.1) is 0 Å². The first-order valence-corrected chi connectivity index (χ1v) is 12.8. The molecule has 3 atom stereocenters. The number of nitrogens with zero attached hydrogens (tertiary/aromatic N) is 2. The Morgan fingerprint density at radius 3 is 2.77 bits per heavy atom. The van der Waals surface area contributed by atoms with E-state index in [1.807, 2.05) is 24.3 Å². The van der Waals surface area contributed by atoms with Crippen LogP contribution in [0.4, 0.5) is 0 Å².